The van der Waals surface area contributed by atoms with Crippen molar-refractivity contribution < 1.29 is 13.9 Å². The summed E-state index contributed by atoms with van der Waals surface area (Å²) in [6.07, 6.45) is 2.62. The third-order valence-corrected chi connectivity index (χ3v) is 5.41. The molecule has 1 amide bonds. The second-order valence-corrected chi connectivity index (χ2v) is 7.62. The number of aryl methyl sites for hydroxylation is 1. The molecule has 0 radical (unpaired) electrons. The van der Waals surface area contributed by atoms with Gasteiger partial charge in [-0.25, -0.2) is 8.91 Å². The summed E-state index contributed by atoms with van der Waals surface area (Å²) < 4.78 is 21.7. The molecule has 0 unspecified atom stereocenters. The number of amides is 1. The first-order chi connectivity index (χ1) is 14.6. The van der Waals surface area contributed by atoms with Crippen molar-refractivity contribution in [2.75, 3.05) is 49.6 Å². The lowest BCUT2D eigenvalue weighted by Crippen LogP contribution is -2.47. The van der Waals surface area contributed by atoms with E-state index in [-0.39, 0.29) is 5.91 Å². The highest BCUT2D eigenvalue weighted by Gasteiger charge is 2.28. The van der Waals surface area contributed by atoms with E-state index in [1.807, 2.05) is 11.0 Å². The fourth-order valence-corrected chi connectivity index (χ4v) is 3.80. The monoisotopic (exact) mass is 414 g/mol. The predicted octanol–water partition coefficient (Wildman–Crippen LogP) is 0.705. The lowest BCUT2D eigenvalue weighted by molar-refractivity contribution is 0.0588. The zero-order chi connectivity index (χ0) is 20.7. The molecular weight excluding hydrogens is 391 g/mol. The Morgan fingerprint density at radius 1 is 1.30 bits per heavy atom. The van der Waals surface area contributed by atoms with Crippen LogP contribution in [0.1, 0.15) is 16.1 Å². The third-order valence-electron chi connectivity index (χ3n) is 5.41. The van der Waals surface area contributed by atoms with Crippen LogP contribution in [0, 0.1) is 0 Å². The molecule has 30 heavy (non-hydrogen) atoms. The van der Waals surface area contributed by atoms with Crippen LogP contribution in [0.4, 0.5) is 16.0 Å². The molecule has 11 heteroatoms. The number of anilines is 2. The number of hydrogen-bond acceptors (Lipinski definition) is 7. The number of pyridine rings is 1. The predicted molar refractivity (Wildman–Crippen MR) is 107 cm³/mol. The standard InChI is InChI=1S/C19H23FN8O2/c1-25-17(13(8-21-25)9-26-10-14(20)11-26)18(29)22-15-2-3-16-23-19(24-28(16)12-15)27-4-6-30-7-5-27/h2-3,8,12,14H,4-7,9-11H2,1H3,(H,22,29). The molecule has 0 saturated carbocycles. The lowest BCUT2D eigenvalue weighted by Gasteiger charge is -2.34. The second kappa shape index (κ2) is 7.65. The topological polar surface area (TPSA) is 92.8 Å². The average Bonchev–Trinajstić information content (AvgIpc) is 3.30. The number of carbonyl (C=O) groups excluding carboxylic acids is 1. The van der Waals surface area contributed by atoms with Gasteiger partial charge in [0, 0.05) is 45.3 Å². The van der Waals surface area contributed by atoms with Crippen molar-refractivity contribution >= 4 is 23.2 Å². The van der Waals surface area contributed by atoms with Gasteiger partial charge in [-0.05, 0) is 12.1 Å². The van der Waals surface area contributed by atoms with Gasteiger partial charge in [-0.1, -0.05) is 0 Å². The van der Waals surface area contributed by atoms with Crippen molar-refractivity contribution in [1.29, 1.82) is 0 Å². The number of fused-ring (bicyclic) bond motifs is 1. The van der Waals surface area contributed by atoms with Gasteiger partial charge in [-0.15, -0.1) is 5.10 Å². The molecule has 0 bridgehead atoms. The van der Waals surface area contributed by atoms with E-state index in [1.165, 1.54) is 0 Å². The smallest absolute Gasteiger partial charge is 0.274 e. The van der Waals surface area contributed by atoms with Gasteiger partial charge in [0.1, 0.15) is 11.9 Å². The molecule has 5 rings (SSSR count). The van der Waals surface area contributed by atoms with Gasteiger partial charge >= 0.3 is 0 Å². The first kappa shape index (κ1) is 18.9. The van der Waals surface area contributed by atoms with E-state index in [4.69, 9.17) is 4.74 Å². The Morgan fingerprint density at radius 2 is 2.10 bits per heavy atom. The Hall–Kier alpha value is -3.05. The van der Waals surface area contributed by atoms with E-state index in [0.29, 0.717) is 55.8 Å². The Labute approximate surface area is 172 Å². The number of aromatic nitrogens is 5. The number of nitrogens with zero attached hydrogens (tertiary/aromatic N) is 7. The summed E-state index contributed by atoms with van der Waals surface area (Å²) in [6, 6.07) is 3.61. The second-order valence-electron chi connectivity index (χ2n) is 7.62. The first-order valence-electron chi connectivity index (χ1n) is 9.94. The fraction of sp³-hybridized carbons (Fsp3) is 0.474. The van der Waals surface area contributed by atoms with E-state index in [1.54, 1.807) is 34.7 Å². The average molecular weight is 414 g/mol. The van der Waals surface area contributed by atoms with Crippen LogP contribution >= 0.6 is 0 Å². The maximum atomic E-state index is 13.1. The molecule has 3 aromatic heterocycles. The van der Waals surface area contributed by atoms with E-state index < -0.39 is 6.17 Å². The summed E-state index contributed by atoms with van der Waals surface area (Å²) in [5, 5.41) is 11.6. The molecule has 2 saturated heterocycles. The van der Waals surface area contributed by atoms with Crippen LogP contribution in [0.5, 0.6) is 0 Å². The molecule has 2 aliphatic rings. The minimum absolute atomic E-state index is 0.268. The first-order valence-corrected chi connectivity index (χ1v) is 9.94. The van der Waals surface area contributed by atoms with Crippen LogP contribution in [0.3, 0.4) is 0 Å². The largest absolute Gasteiger partial charge is 0.378 e. The van der Waals surface area contributed by atoms with E-state index in [0.717, 1.165) is 18.7 Å². The number of alkyl halides is 1. The molecule has 3 aromatic rings. The SMILES string of the molecule is Cn1ncc(CN2CC(F)C2)c1C(=O)Nc1ccc2nc(N3CCOCC3)nn2c1. The molecule has 0 atom stereocenters. The van der Waals surface area contributed by atoms with Crippen LogP contribution < -0.4 is 10.2 Å². The number of halogens is 1. The summed E-state index contributed by atoms with van der Waals surface area (Å²) >= 11 is 0. The van der Waals surface area contributed by atoms with Crippen LogP contribution in [-0.4, -0.2) is 80.8 Å². The van der Waals surface area contributed by atoms with Crippen molar-refractivity contribution in [1.82, 2.24) is 29.3 Å². The Kier molecular flexibility index (Phi) is 4.83. The van der Waals surface area contributed by atoms with Crippen LogP contribution in [-0.2, 0) is 18.3 Å². The number of carbonyl (C=O) groups is 1. The highest BCUT2D eigenvalue weighted by molar-refractivity contribution is 6.04. The normalized spacial score (nSPS) is 18.0. The minimum atomic E-state index is -0.782. The quantitative estimate of drug-likeness (QED) is 0.657. The van der Waals surface area contributed by atoms with Gasteiger partial charge in [0.25, 0.3) is 5.91 Å². The molecule has 158 valence electrons. The summed E-state index contributed by atoms with van der Waals surface area (Å²) in [4.78, 5) is 21.5. The summed E-state index contributed by atoms with van der Waals surface area (Å²) in [7, 11) is 1.72. The summed E-state index contributed by atoms with van der Waals surface area (Å²) in [5.74, 6) is 0.381. The van der Waals surface area contributed by atoms with Crippen LogP contribution in [0.2, 0.25) is 0 Å². The molecular formula is C19H23FN8O2. The minimum Gasteiger partial charge on any atom is -0.378 e. The maximum absolute atomic E-state index is 13.1. The lowest BCUT2D eigenvalue weighted by atomic mass is 10.1. The Balaban J connectivity index is 1.33. The van der Waals surface area contributed by atoms with Gasteiger partial charge < -0.3 is 15.0 Å². The van der Waals surface area contributed by atoms with Gasteiger partial charge in [0.2, 0.25) is 5.95 Å². The molecule has 5 heterocycles. The van der Waals surface area contributed by atoms with Crippen molar-refractivity contribution in [3.63, 3.8) is 0 Å². The Bertz CT molecular complexity index is 1070. The number of hydrogen-bond donors (Lipinski definition) is 1. The van der Waals surface area contributed by atoms with Crippen molar-refractivity contribution in [3.8, 4) is 0 Å². The molecule has 0 spiro atoms. The van der Waals surface area contributed by atoms with Gasteiger partial charge in [0.15, 0.2) is 5.65 Å². The van der Waals surface area contributed by atoms with E-state index in [9.17, 15) is 9.18 Å². The third kappa shape index (κ3) is 3.61. The highest BCUT2D eigenvalue weighted by atomic mass is 19.1. The Morgan fingerprint density at radius 3 is 2.87 bits per heavy atom. The number of morpholine rings is 1. The number of ether oxygens (including phenoxy) is 1. The van der Waals surface area contributed by atoms with Gasteiger partial charge in [-0.2, -0.15) is 10.1 Å². The van der Waals surface area contributed by atoms with Crippen molar-refractivity contribution in [2.45, 2.75) is 12.7 Å². The van der Waals surface area contributed by atoms with Gasteiger partial charge in [-0.3, -0.25) is 14.4 Å². The molecule has 10 nitrogen and oxygen atoms in total. The van der Waals surface area contributed by atoms with Gasteiger partial charge in [0.05, 0.1) is 31.3 Å². The van der Waals surface area contributed by atoms with Crippen molar-refractivity contribution in [3.05, 3.63) is 35.8 Å². The van der Waals surface area contributed by atoms with Crippen molar-refractivity contribution in [2.24, 2.45) is 7.05 Å². The molecule has 1 N–H and O–H groups in total. The van der Waals surface area contributed by atoms with E-state index >= 15 is 0 Å². The summed E-state index contributed by atoms with van der Waals surface area (Å²) in [5.41, 5.74) is 2.54. The number of nitrogens with one attached hydrogen (secondary N) is 1. The number of likely N-dealkylation sites (tertiary alicyclic amines) is 1. The van der Waals surface area contributed by atoms with E-state index in [2.05, 4.69) is 25.4 Å². The van der Waals surface area contributed by atoms with Crippen LogP contribution in [0.15, 0.2) is 24.5 Å². The fourth-order valence-electron chi connectivity index (χ4n) is 3.80. The maximum Gasteiger partial charge on any atom is 0.274 e. The summed E-state index contributed by atoms with van der Waals surface area (Å²) in [6.45, 7) is 4.12. The zero-order valence-electron chi connectivity index (χ0n) is 16.7. The molecule has 2 fully saturated rings. The number of rotatable bonds is 5. The molecule has 0 aliphatic carbocycles. The molecule has 0 aromatic carbocycles. The highest BCUT2D eigenvalue weighted by Crippen LogP contribution is 2.20. The van der Waals surface area contributed by atoms with Crippen LogP contribution in [0.25, 0.3) is 5.65 Å². The molecule has 2 aliphatic heterocycles. The zero-order valence-corrected chi connectivity index (χ0v) is 16.7.